The van der Waals surface area contributed by atoms with Crippen LogP contribution in [-0.4, -0.2) is 15.3 Å². The molecule has 1 heterocycles. The molecule has 0 fully saturated rings. The number of phenols is 1. The van der Waals surface area contributed by atoms with Gasteiger partial charge in [0.1, 0.15) is 16.4 Å². The van der Waals surface area contributed by atoms with Gasteiger partial charge in [0.2, 0.25) is 0 Å². The fourth-order valence-electron chi connectivity index (χ4n) is 1.11. The van der Waals surface area contributed by atoms with Gasteiger partial charge in [-0.1, -0.05) is 11.6 Å². The lowest BCUT2D eigenvalue weighted by atomic mass is 10.2. The summed E-state index contributed by atoms with van der Waals surface area (Å²) in [5, 5.41) is 19.0. The number of H-pyrrole nitrogens is 1. The van der Waals surface area contributed by atoms with E-state index in [-0.39, 0.29) is 17.0 Å². The Balaban J connectivity index is 2.92. The van der Waals surface area contributed by atoms with E-state index in [2.05, 4.69) is 15.4 Å². The minimum Gasteiger partial charge on any atom is -0.505 e. The number of nitrogens with zero attached hydrogens (tertiary/aromatic N) is 2. The zero-order valence-electron chi connectivity index (χ0n) is 6.28. The molecular weight excluding hydrogens is 194 g/mol. The summed E-state index contributed by atoms with van der Waals surface area (Å²) in [5.41, 5.74) is 0.181. The predicted octanol–water partition coefficient (Wildman–Crippen LogP) is 2.32. The second-order valence-corrected chi connectivity index (χ2v) is 2.84. The van der Waals surface area contributed by atoms with Crippen LogP contribution in [0.3, 0.4) is 0 Å². The summed E-state index contributed by atoms with van der Waals surface area (Å²) in [7, 11) is 0. The van der Waals surface area contributed by atoms with Crippen molar-refractivity contribution >= 4 is 28.2 Å². The largest absolute Gasteiger partial charge is 0.505 e. The molecule has 0 amide bonds. The molecule has 0 spiro atoms. The van der Waals surface area contributed by atoms with Crippen LogP contribution in [0.1, 0.15) is 0 Å². The molecule has 66 valence electrons. The van der Waals surface area contributed by atoms with E-state index in [0.717, 1.165) is 0 Å². The molecule has 0 radical (unpaired) electrons. The maximum Gasteiger partial charge on any atom is 0.177 e. The Morgan fingerprint density at radius 2 is 2.31 bits per heavy atom. The van der Waals surface area contributed by atoms with Crippen molar-refractivity contribution < 1.29 is 5.11 Å². The molecule has 0 aliphatic rings. The minimum absolute atomic E-state index is 0.0966. The van der Waals surface area contributed by atoms with Crippen LogP contribution in [-0.2, 0) is 0 Å². The second-order valence-electron chi connectivity index (χ2n) is 2.46. The third kappa shape index (κ3) is 1.05. The molecule has 0 aliphatic heterocycles. The zero-order valence-corrected chi connectivity index (χ0v) is 7.04. The van der Waals surface area contributed by atoms with Gasteiger partial charge in [-0.25, -0.2) is 0 Å². The highest BCUT2D eigenvalue weighted by Gasteiger charge is 2.12. The van der Waals surface area contributed by atoms with Crippen molar-refractivity contribution in [1.82, 2.24) is 10.2 Å². The molecule has 0 saturated carbocycles. The number of aromatic hydroxyl groups is 1. The molecule has 13 heavy (non-hydrogen) atoms. The number of aromatic nitrogens is 2. The Morgan fingerprint density at radius 3 is 3.00 bits per heavy atom. The number of rotatable bonds is 1. The van der Waals surface area contributed by atoms with E-state index in [4.69, 9.17) is 11.6 Å². The first kappa shape index (κ1) is 8.00. The second kappa shape index (κ2) is 2.70. The standard InChI is InChI=1S/C7H4ClN3O2/c8-7-3-1-2-4(12)6(11-13)5(3)9-10-7/h1-2,12H,(H,9,10). The van der Waals surface area contributed by atoms with Crippen LogP contribution in [0.15, 0.2) is 17.3 Å². The summed E-state index contributed by atoms with van der Waals surface area (Å²) >= 11 is 5.71. The Morgan fingerprint density at radius 1 is 1.54 bits per heavy atom. The number of nitroso groups, excluding NO2 is 1. The van der Waals surface area contributed by atoms with Gasteiger partial charge in [0.05, 0.1) is 0 Å². The number of hydrogen-bond donors (Lipinski definition) is 2. The summed E-state index contributed by atoms with van der Waals surface area (Å²) in [6.07, 6.45) is 0. The highest BCUT2D eigenvalue weighted by Crippen LogP contribution is 2.35. The highest BCUT2D eigenvalue weighted by atomic mass is 35.5. The van der Waals surface area contributed by atoms with Crippen molar-refractivity contribution in [3.63, 3.8) is 0 Å². The fourth-order valence-corrected chi connectivity index (χ4v) is 1.31. The van der Waals surface area contributed by atoms with Crippen LogP contribution in [0.25, 0.3) is 10.9 Å². The number of hydrogen-bond acceptors (Lipinski definition) is 4. The summed E-state index contributed by atoms with van der Waals surface area (Å²) in [6.45, 7) is 0. The van der Waals surface area contributed by atoms with Gasteiger partial charge in [-0.05, 0) is 17.3 Å². The van der Waals surface area contributed by atoms with Crippen molar-refractivity contribution in [1.29, 1.82) is 0 Å². The maximum absolute atomic E-state index is 10.3. The third-order valence-corrected chi connectivity index (χ3v) is 2.01. The first-order valence-corrected chi connectivity index (χ1v) is 3.80. The number of benzene rings is 1. The molecule has 0 aliphatic carbocycles. The average Bonchev–Trinajstić information content (AvgIpc) is 2.48. The van der Waals surface area contributed by atoms with E-state index < -0.39 is 0 Å². The van der Waals surface area contributed by atoms with E-state index in [1.165, 1.54) is 6.07 Å². The minimum atomic E-state index is -0.203. The monoisotopic (exact) mass is 197 g/mol. The van der Waals surface area contributed by atoms with Crippen molar-refractivity contribution in [2.75, 3.05) is 0 Å². The first-order valence-electron chi connectivity index (χ1n) is 3.43. The van der Waals surface area contributed by atoms with E-state index >= 15 is 0 Å². The molecule has 2 rings (SSSR count). The van der Waals surface area contributed by atoms with Gasteiger partial charge in [-0.3, -0.25) is 5.10 Å². The van der Waals surface area contributed by atoms with Gasteiger partial charge in [0, 0.05) is 5.39 Å². The van der Waals surface area contributed by atoms with Crippen LogP contribution >= 0.6 is 11.6 Å². The summed E-state index contributed by atoms with van der Waals surface area (Å²) in [6, 6.07) is 2.91. The van der Waals surface area contributed by atoms with Crippen LogP contribution in [0.4, 0.5) is 5.69 Å². The highest BCUT2D eigenvalue weighted by molar-refractivity contribution is 6.34. The van der Waals surface area contributed by atoms with Gasteiger partial charge < -0.3 is 5.11 Å². The van der Waals surface area contributed by atoms with Gasteiger partial charge >= 0.3 is 0 Å². The quantitative estimate of drug-likeness (QED) is 0.689. The van der Waals surface area contributed by atoms with Gasteiger partial charge in [0.15, 0.2) is 5.69 Å². The molecule has 1 aromatic heterocycles. The molecule has 0 unspecified atom stereocenters. The molecule has 2 N–H and O–H groups in total. The molecule has 0 atom stereocenters. The van der Waals surface area contributed by atoms with Gasteiger partial charge in [-0.2, -0.15) is 5.10 Å². The zero-order chi connectivity index (χ0) is 9.42. The Hall–Kier alpha value is -1.62. The fraction of sp³-hybridized carbons (Fsp3) is 0. The van der Waals surface area contributed by atoms with E-state index in [0.29, 0.717) is 10.5 Å². The number of aromatic amines is 1. The van der Waals surface area contributed by atoms with Crippen molar-refractivity contribution in [3.8, 4) is 5.75 Å². The van der Waals surface area contributed by atoms with Crippen LogP contribution < -0.4 is 0 Å². The normalized spacial score (nSPS) is 10.5. The number of nitrogens with one attached hydrogen (secondary N) is 1. The Kier molecular flexibility index (Phi) is 1.66. The molecule has 0 saturated heterocycles. The van der Waals surface area contributed by atoms with E-state index in [1.54, 1.807) is 6.07 Å². The van der Waals surface area contributed by atoms with Crippen LogP contribution in [0, 0.1) is 4.91 Å². The number of phenolic OH excluding ortho intramolecular Hbond substituents is 1. The number of halogens is 1. The third-order valence-electron chi connectivity index (χ3n) is 1.72. The van der Waals surface area contributed by atoms with Gasteiger partial charge in [0.25, 0.3) is 0 Å². The molecular formula is C7H4ClN3O2. The molecule has 6 heteroatoms. The smallest absolute Gasteiger partial charge is 0.177 e. The lowest BCUT2D eigenvalue weighted by Gasteiger charge is -1.94. The summed E-state index contributed by atoms with van der Waals surface area (Å²) < 4.78 is 0. The average molecular weight is 198 g/mol. The van der Waals surface area contributed by atoms with Crippen molar-refractivity contribution in [2.45, 2.75) is 0 Å². The van der Waals surface area contributed by atoms with Crippen molar-refractivity contribution in [2.24, 2.45) is 5.18 Å². The maximum atomic E-state index is 10.3. The molecule has 5 nitrogen and oxygen atoms in total. The van der Waals surface area contributed by atoms with E-state index in [9.17, 15) is 10.0 Å². The summed E-state index contributed by atoms with van der Waals surface area (Å²) in [4.78, 5) is 10.3. The topological polar surface area (TPSA) is 78.3 Å². The predicted molar refractivity (Wildman–Crippen MR) is 48.2 cm³/mol. The van der Waals surface area contributed by atoms with Crippen molar-refractivity contribution in [3.05, 3.63) is 22.2 Å². The summed E-state index contributed by atoms with van der Waals surface area (Å²) in [5.74, 6) is -0.203. The molecule has 0 bridgehead atoms. The number of fused-ring (bicyclic) bond motifs is 1. The lowest BCUT2D eigenvalue weighted by Crippen LogP contribution is -1.71. The SMILES string of the molecule is O=Nc1c(O)ccc2c(Cl)[nH]nc12. The first-order chi connectivity index (χ1) is 6.24. The Labute approximate surface area is 77.3 Å². The molecule has 1 aromatic carbocycles. The Bertz CT molecular complexity index is 480. The van der Waals surface area contributed by atoms with Crippen LogP contribution in [0.5, 0.6) is 5.75 Å². The van der Waals surface area contributed by atoms with Crippen LogP contribution in [0.2, 0.25) is 5.15 Å². The van der Waals surface area contributed by atoms with E-state index in [1.807, 2.05) is 0 Å². The van der Waals surface area contributed by atoms with Gasteiger partial charge in [-0.15, -0.1) is 4.91 Å². The molecule has 2 aromatic rings. The lowest BCUT2D eigenvalue weighted by molar-refractivity contribution is 0.477.